The number of benzene rings is 1. The van der Waals surface area contributed by atoms with E-state index in [4.69, 9.17) is 9.47 Å². The summed E-state index contributed by atoms with van der Waals surface area (Å²) in [6.45, 7) is 2.19. The van der Waals surface area contributed by atoms with Crippen LogP contribution in [0, 0.1) is 5.92 Å². The van der Waals surface area contributed by atoms with Gasteiger partial charge >= 0.3 is 5.97 Å². The molecule has 0 N–H and O–H groups in total. The van der Waals surface area contributed by atoms with Gasteiger partial charge in [-0.15, -0.1) is 0 Å². The molecule has 3 nitrogen and oxygen atoms in total. The minimum atomic E-state index is -0.0496. The summed E-state index contributed by atoms with van der Waals surface area (Å²) in [5.41, 5.74) is 1.17. The molecule has 2 rings (SSSR count). The van der Waals surface area contributed by atoms with Crippen molar-refractivity contribution in [2.75, 3.05) is 7.11 Å². The fourth-order valence-corrected chi connectivity index (χ4v) is 2.91. The highest BCUT2D eigenvalue weighted by atomic mass is 16.5. The molecule has 1 aliphatic heterocycles. The maximum atomic E-state index is 11.6. The van der Waals surface area contributed by atoms with Crippen LogP contribution in [0.15, 0.2) is 24.3 Å². The zero-order valence-electron chi connectivity index (χ0n) is 12.4. The average molecular weight is 276 g/mol. The van der Waals surface area contributed by atoms with Gasteiger partial charge in [-0.1, -0.05) is 38.0 Å². The number of hydrogen-bond donors (Lipinski definition) is 0. The standard InChI is InChI=1S/C17H24O3/c1-3-4-5-10-16-14(12-17(18)20-16)11-13-8-6-7-9-15(13)19-2/h6-9,14,16H,3-5,10-12H2,1-2H3/t14-,16+/m0/s1. The number of methoxy groups -OCH3 is 1. The van der Waals surface area contributed by atoms with Crippen LogP contribution in [-0.2, 0) is 16.0 Å². The molecule has 0 aromatic heterocycles. The molecular weight excluding hydrogens is 252 g/mol. The van der Waals surface area contributed by atoms with Gasteiger partial charge in [-0.2, -0.15) is 0 Å². The summed E-state index contributed by atoms with van der Waals surface area (Å²) < 4.78 is 10.9. The molecule has 0 amide bonds. The molecule has 3 heteroatoms. The normalized spacial score (nSPS) is 21.8. The topological polar surface area (TPSA) is 35.5 Å². The summed E-state index contributed by atoms with van der Waals surface area (Å²) >= 11 is 0. The lowest BCUT2D eigenvalue weighted by Gasteiger charge is -2.18. The van der Waals surface area contributed by atoms with E-state index in [0.29, 0.717) is 6.42 Å². The predicted octanol–water partition coefficient (Wildman–Crippen LogP) is 3.75. The van der Waals surface area contributed by atoms with Crippen LogP contribution < -0.4 is 4.74 Å². The minimum Gasteiger partial charge on any atom is -0.496 e. The van der Waals surface area contributed by atoms with Crippen molar-refractivity contribution in [1.29, 1.82) is 0 Å². The Labute approximate surface area is 121 Å². The van der Waals surface area contributed by atoms with Crippen LogP contribution in [0.25, 0.3) is 0 Å². The molecule has 0 bridgehead atoms. The van der Waals surface area contributed by atoms with Gasteiger partial charge in [0.05, 0.1) is 13.5 Å². The summed E-state index contributed by atoms with van der Waals surface area (Å²) in [5.74, 6) is 1.14. The van der Waals surface area contributed by atoms with Crippen molar-refractivity contribution in [3.63, 3.8) is 0 Å². The average Bonchev–Trinajstić information content (AvgIpc) is 2.80. The molecule has 1 aliphatic rings. The summed E-state index contributed by atoms with van der Waals surface area (Å²) in [6.07, 6.45) is 5.99. The van der Waals surface area contributed by atoms with Gasteiger partial charge in [0.2, 0.25) is 0 Å². The number of hydrogen-bond acceptors (Lipinski definition) is 3. The largest absolute Gasteiger partial charge is 0.496 e. The Kier molecular flexibility index (Phi) is 5.45. The molecule has 1 saturated heterocycles. The molecule has 20 heavy (non-hydrogen) atoms. The number of esters is 1. The number of cyclic esters (lactones) is 1. The molecule has 1 heterocycles. The van der Waals surface area contributed by atoms with Crippen LogP contribution in [0.3, 0.4) is 0 Å². The number of carbonyl (C=O) groups excluding carboxylic acids is 1. The summed E-state index contributed by atoms with van der Waals surface area (Å²) in [7, 11) is 1.69. The Morgan fingerprint density at radius 3 is 2.85 bits per heavy atom. The van der Waals surface area contributed by atoms with E-state index >= 15 is 0 Å². The second-order valence-corrected chi connectivity index (χ2v) is 5.50. The highest BCUT2D eigenvalue weighted by Crippen LogP contribution is 2.32. The lowest BCUT2D eigenvalue weighted by molar-refractivity contribution is -0.141. The summed E-state index contributed by atoms with van der Waals surface area (Å²) in [5, 5.41) is 0. The molecule has 110 valence electrons. The molecule has 1 fully saturated rings. The van der Waals surface area contributed by atoms with E-state index < -0.39 is 0 Å². The predicted molar refractivity (Wildman–Crippen MR) is 78.8 cm³/mol. The molecule has 2 atom stereocenters. The van der Waals surface area contributed by atoms with E-state index in [1.807, 2.05) is 18.2 Å². The van der Waals surface area contributed by atoms with Gasteiger partial charge in [0.1, 0.15) is 11.9 Å². The van der Waals surface area contributed by atoms with Gasteiger partial charge in [0.15, 0.2) is 0 Å². The zero-order chi connectivity index (χ0) is 14.4. The Bertz CT molecular complexity index is 442. The van der Waals surface area contributed by atoms with Crippen molar-refractivity contribution in [1.82, 2.24) is 0 Å². The van der Waals surface area contributed by atoms with Crippen LogP contribution in [0.5, 0.6) is 5.75 Å². The SMILES string of the molecule is CCCCC[C@H]1OC(=O)C[C@@H]1Cc1ccccc1OC. The smallest absolute Gasteiger partial charge is 0.306 e. The second-order valence-electron chi connectivity index (χ2n) is 5.50. The molecule has 0 spiro atoms. The number of unbranched alkanes of at least 4 members (excludes halogenated alkanes) is 2. The fraction of sp³-hybridized carbons (Fsp3) is 0.588. The summed E-state index contributed by atoms with van der Waals surface area (Å²) in [4.78, 5) is 11.6. The van der Waals surface area contributed by atoms with Crippen molar-refractivity contribution in [3.05, 3.63) is 29.8 Å². The number of carbonyl (C=O) groups is 1. The highest BCUT2D eigenvalue weighted by molar-refractivity contribution is 5.72. The van der Waals surface area contributed by atoms with E-state index in [9.17, 15) is 4.79 Å². The van der Waals surface area contributed by atoms with Crippen molar-refractivity contribution in [3.8, 4) is 5.75 Å². The molecule has 0 radical (unpaired) electrons. The van der Waals surface area contributed by atoms with Gasteiger partial charge in [-0.05, 0) is 30.9 Å². The first-order valence-electron chi connectivity index (χ1n) is 7.56. The third-order valence-electron chi connectivity index (χ3n) is 4.00. The first-order valence-corrected chi connectivity index (χ1v) is 7.56. The molecular formula is C17H24O3. The first-order chi connectivity index (χ1) is 9.74. The Morgan fingerprint density at radius 2 is 2.10 bits per heavy atom. The van der Waals surface area contributed by atoms with Gasteiger partial charge in [-0.3, -0.25) is 4.79 Å². The maximum Gasteiger partial charge on any atom is 0.306 e. The Hall–Kier alpha value is -1.51. The van der Waals surface area contributed by atoms with Gasteiger partial charge in [-0.25, -0.2) is 0 Å². The summed E-state index contributed by atoms with van der Waals surface area (Å²) in [6, 6.07) is 8.03. The van der Waals surface area contributed by atoms with E-state index in [0.717, 1.165) is 25.0 Å². The van der Waals surface area contributed by atoms with Crippen LogP contribution in [0.4, 0.5) is 0 Å². The Balaban J connectivity index is 2.00. The van der Waals surface area contributed by atoms with Crippen LogP contribution in [-0.4, -0.2) is 19.2 Å². The third-order valence-corrected chi connectivity index (χ3v) is 4.00. The lowest BCUT2D eigenvalue weighted by Crippen LogP contribution is -2.18. The molecule has 0 unspecified atom stereocenters. The van der Waals surface area contributed by atoms with Gasteiger partial charge in [0.25, 0.3) is 0 Å². The third kappa shape index (κ3) is 3.75. The van der Waals surface area contributed by atoms with Crippen molar-refractivity contribution in [2.45, 2.75) is 51.6 Å². The molecule has 0 aliphatic carbocycles. The second kappa shape index (κ2) is 7.32. The quantitative estimate of drug-likeness (QED) is 0.562. The number of ether oxygens (including phenoxy) is 2. The van der Waals surface area contributed by atoms with E-state index in [-0.39, 0.29) is 18.0 Å². The van der Waals surface area contributed by atoms with Crippen LogP contribution in [0.1, 0.15) is 44.6 Å². The Morgan fingerprint density at radius 1 is 1.30 bits per heavy atom. The van der Waals surface area contributed by atoms with Crippen molar-refractivity contribution < 1.29 is 14.3 Å². The minimum absolute atomic E-state index is 0.0496. The highest BCUT2D eigenvalue weighted by Gasteiger charge is 2.34. The van der Waals surface area contributed by atoms with Crippen LogP contribution in [0.2, 0.25) is 0 Å². The number of rotatable bonds is 7. The van der Waals surface area contributed by atoms with Crippen LogP contribution >= 0.6 is 0 Å². The molecule has 0 saturated carbocycles. The van der Waals surface area contributed by atoms with Crippen molar-refractivity contribution in [2.24, 2.45) is 5.92 Å². The molecule has 1 aromatic carbocycles. The van der Waals surface area contributed by atoms with E-state index in [1.54, 1.807) is 7.11 Å². The van der Waals surface area contributed by atoms with E-state index in [1.165, 1.54) is 18.4 Å². The number of para-hydroxylation sites is 1. The fourth-order valence-electron chi connectivity index (χ4n) is 2.91. The monoisotopic (exact) mass is 276 g/mol. The van der Waals surface area contributed by atoms with Gasteiger partial charge < -0.3 is 9.47 Å². The maximum absolute atomic E-state index is 11.6. The zero-order valence-corrected chi connectivity index (χ0v) is 12.4. The van der Waals surface area contributed by atoms with E-state index in [2.05, 4.69) is 13.0 Å². The molecule has 1 aromatic rings. The lowest BCUT2D eigenvalue weighted by atomic mass is 9.90. The van der Waals surface area contributed by atoms with Crippen molar-refractivity contribution >= 4 is 5.97 Å². The van der Waals surface area contributed by atoms with Gasteiger partial charge in [0, 0.05) is 5.92 Å². The first kappa shape index (κ1) is 14.9.